The maximum atomic E-state index is 11.5. The molecule has 4 N–H and O–H groups in total. The largest absolute Gasteiger partial charge is 0.481 e. The van der Waals surface area contributed by atoms with Gasteiger partial charge in [-0.3, -0.25) is 9.59 Å². The smallest absolute Gasteiger partial charge is 0.311 e. The average molecular weight is 297 g/mol. The van der Waals surface area contributed by atoms with Gasteiger partial charge in [-0.05, 0) is 31.9 Å². The zero-order valence-electron chi connectivity index (χ0n) is 11.1. The number of hydrogen-bond acceptors (Lipinski definition) is 3. The van der Waals surface area contributed by atoms with Crippen LogP contribution in [0.4, 0.5) is 5.69 Å². The lowest BCUT2D eigenvalue weighted by Gasteiger charge is -2.29. The maximum Gasteiger partial charge on any atom is 0.311 e. The van der Waals surface area contributed by atoms with Gasteiger partial charge in [0.15, 0.2) is 0 Å². The second kappa shape index (κ2) is 5.32. The molecule has 0 saturated heterocycles. The molecule has 0 heterocycles. The Labute approximate surface area is 122 Å². The van der Waals surface area contributed by atoms with E-state index in [1.165, 1.54) is 0 Å². The van der Waals surface area contributed by atoms with Crippen LogP contribution in [0.25, 0.3) is 0 Å². The molecule has 1 saturated carbocycles. The monoisotopic (exact) mass is 296 g/mol. The highest BCUT2D eigenvalue weighted by Gasteiger charge is 2.45. The van der Waals surface area contributed by atoms with Crippen molar-refractivity contribution in [2.24, 2.45) is 11.1 Å². The Morgan fingerprint density at radius 2 is 2.20 bits per heavy atom. The fourth-order valence-electron chi connectivity index (χ4n) is 2.74. The van der Waals surface area contributed by atoms with E-state index in [4.69, 9.17) is 17.3 Å². The van der Waals surface area contributed by atoms with Gasteiger partial charge in [0.1, 0.15) is 0 Å². The summed E-state index contributed by atoms with van der Waals surface area (Å²) in [6, 6.07) is 4.71. The first-order valence-corrected chi connectivity index (χ1v) is 6.82. The zero-order chi connectivity index (χ0) is 14.9. The van der Waals surface area contributed by atoms with Crippen molar-refractivity contribution in [3.63, 3.8) is 0 Å². The van der Waals surface area contributed by atoms with Crippen molar-refractivity contribution in [1.29, 1.82) is 0 Å². The predicted molar refractivity (Wildman–Crippen MR) is 77.0 cm³/mol. The van der Waals surface area contributed by atoms with E-state index < -0.39 is 17.3 Å². The first kappa shape index (κ1) is 14.7. The highest BCUT2D eigenvalue weighted by atomic mass is 35.5. The zero-order valence-corrected chi connectivity index (χ0v) is 11.9. The van der Waals surface area contributed by atoms with Crippen molar-refractivity contribution in [3.05, 3.63) is 28.8 Å². The van der Waals surface area contributed by atoms with E-state index in [-0.39, 0.29) is 16.6 Å². The molecule has 0 bridgehead atoms. The molecule has 0 spiro atoms. The van der Waals surface area contributed by atoms with Crippen LogP contribution < -0.4 is 11.1 Å². The van der Waals surface area contributed by atoms with Crippen molar-refractivity contribution in [2.45, 2.75) is 32.2 Å². The van der Waals surface area contributed by atoms with Crippen LogP contribution in [0, 0.1) is 5.41 Å². The summed E-state index contributed by atoms with van der Waals surface area (Å²) in [5, 5.41) is 12.8. The number of anilines is 1. The number of aliphatic carboxylic acids is 1. The molecule has 2 unspecified atom stereocenters. The number of benzene rings is 1. The quantitative estimate of drug-likeness (QED) is 0.796. The van der Waals surface area contributed by atoms with E-state index in [0.29, 0.717) is 12.1 Å². The molecule has 2 atom stereocenters. The lowest BCUT2D eigenvalue weighted by molar-refractivity contribution is -0.147. The van der Waals surface area contributed by atoms with Crippen LogP contribution in [0.2, 0.25) is 5.02 Å². The standard InChI is InChI=1S/C14H17ClN2O3/c1-14(13(19)20)7-3-6-10(14)17-9-5-2-4-8(15)11(9)12(16)18/h2,4-5,10,17H,3,6-7H2,1H3,(H2,16,18)(H,19,20). The minimum Gasteiger partial charge on any atom is -0.481 e. The van der Waals surface area contributed by atoms with E-state index in [1.807, 2.05) is 0 Å². The van der Waals surface area contributed by atoms with Gasteiger partial charge < -0.3 is 16.2 Å². The Morgan fingerprint density at radius 3 is 2.80 bits per heavy atom. The summed E-state index contributed by atoms with van der Waals surface area (Å²) in [5.74, 6) is -1.47. The highest BCUT2D eigenvalue weighted by Crippen LogP contribution is 2.40. The van der Waals surface area contributed by atoms with Crippen molar-refractivity contribution in [2.75, 3.05) is 5.32 Å². The number of carbonyl (C=O) groups is 2. The molecule has 0 radical (unpaired) electrons. The third kappa shape index (κ3) is 2.45. The van der Waals surface area contributed by atoms with Crippen LogP contribution in [-0.4, -0.2) is 23.0 Å². The number of carbonyl (C=O) groups excluding carboxylic acids is 1. The number of amides is 1. The van der Waals surface area contributed by atoms with Crippen LogP contribution in [0.5, 0.6) is 0 Å². The molecule has 1 fully saturated rings. The van der Waals surface area contributed by atoms with Gasteiger partial charge in [0, 0.05) is 11.7 Å². The van der Waals surface area contributed by atoms with E-state index in [1.54, 1.807) is 25.1 Å². The van der Waals surface area contributed by atoms with Crippen LogP contribution in [0.3, 0.4) is 0 Å². The fourth-order valence-corrected chi connectivity index (χ4v) is 3.00. The minimum absolute atomic E-state index is 0.203. The van der Waals surface area contributed by atoms with Gasteiger partial charge >= 0.3 is 5.97 Å². The van der Waals surface area contributed by atoms with Gasteiger partial charge in [-0.25, -0.2) is 0 Å². The van der Waals surface area contributed by atoms with Gasteiger partial charge in [0.25, 0.3) is 5.91 Å². The second-order valence-corrected chi connectivity index (χ2v) is 5.75. The van der Waals surface area contributed by atoms with Crippen molar-refractivity contribution in [3.8, 4) is 0 Å². The molecule has 6 heteroatoms. The lowest BCUT2D eigenvalue weighted by Crippen LogP contribution is -2.40. The average Bonchev–Trinajstić information content (AvgIpc) is 2.72. The third-order valence-electron chi connectivity index (χ3n) is 4.04. The van der Waals surface area contributed by atoms with Crippen LogP contribution in [-0.2, 0) is 4.79 Å². The normalized spacial score (nSPS) is 25.4. The fraction of sp³-hybridized carbons (Fsp3) is 0.429. The maximum absolute atomic E-state index is 11.5. The van der Waals surface area contributed by atoms with Gasteiger partial charge in [0.2, 0.25) is 0 Å². The number of hydrogen-bond donors (Lipinski definition) is 3. The Bertz CT molecular complexity index is 561. The van der Waals surface area contributed by atoms with E-state index in [2.05, 4.69) is 5.32 Å². The molecular formula is C14H17ClN2O3. The molecule has 5 nitrogen and oxygen atoms in total. The molecule has 1 aliphatic carbocycles. The number of rotatable bonds is 4. The Hall–Kier alpha value is -1.75. The van der Waals surface area contributed by atoms with E-state index in [0.717, 1.165) is 12.8 Å². The second-order valence-electron chi connectivity index (χ2n) is 5.34. The number of nitrogens with one attached hydrogen (secondary N) is 1. The molecule has 0 aliphatic heterocycles. The SMILES string of the molecule is CC1(C(=O)O)CCCC1Nc1cccc(Cl)c1C(N)=O. The Morgan fingerprint density at radius 1 is 1.50 bits per heavy atom. The van der Waals surface area contributed by atoms with Crippen LogP contribution in [0.15, 0.2) is 18.2 Å². The number of carboxylic acid groups (broad SMARTS) is 1. The van der Waals surface area contributed by atoms with Crippen molar-refractivity contribution < 1.29 is 14.7 Å². The van der Waals surface area contributed by atoms with Gasteiger partial charge in [-0.1, -0.05) is 24.1 Å². The Balaban J connectivity index is 2.33. The molecule has 108 valence electrons. The van der Waals surface area contributed by atoms with E-state index >= 15 is 0 Å². The topological polar surface area (TPSA) is 92.4 Å². The highest BCUT2D eigenvalue weighted by molar-refractivity contribution is 6.34. The Kier molecular flexibility index (Phi) is 3.90. The van der Waals surface area contributed by atoms with E-state index in [9.17, 15) is 14.7 Å². The molecule has 1 aromatic rings. The molecular weight excluding hydrogens is 280 g/mol. The van der Waals surface area contributed by atoms with Gasteiger partial charge in [-0.2, -0.15) is 0 Å². The van der Waals surface area contributed by atoms with Gasteiger partial charge in [0.05, 0.1) is 16.0 Å². The summed E-state index contributed by atoms with van der Waals surface area (Å²) < 4.78 is 0. The lowest BCUT2D eigenvalue weighted by atomic mass is 9.84. The predicted octanol–water partition coefficient (Wildman–Crippen LogP) is 2.49. The third-order valence-corrected chi connectivity index (χ3v) is 4.35. The molecule has 0 aromatic heterocycles. The first-order valence-electron chi connectivity index (χ1n) is 6.44. The summed E-state index contributed by atoms with van der Waals surface area (Å²) in [6.45, 7) is 1.72. The number of carboxylic acids is 1. The minimum atomic E-state index is -0.850. The van der Waals surface area contributed by atoms with Crippen molar-refractivity contribution >= 4 is 29.2 Å². The first-order chi connectivity index (χ1) is 9.36. The number of nitrogens with two attached hydrogens (primary N) is 1. The van der Waals surface area contributed by atoms with Crippen LogP contribution in [0.1, 0.15) is 36.5 Å². The summed E-state index contributed by atoms with van der Waals surface area (Å²) in [5.41, 5.74) is 5.18. The number of primary amides is 1. The molecule has 1 amide bonds. The van der Waals surface area contributed by atoms with Crippen molar-refractivity contribution in [1.82, 2.24) is 0 Å². The molecule has 2 rings (SSSR count). The summed E-state index contributed by atoms with van der Waals surface area (Å²) in [6.07, 6.45) is 2.16. The summed E-state index contributed by atoms with van der Waals surface area (Å²) >= 11 is 5.99. The van der Waals surface area contributed by atoms with Gasteiger partial charge in [-0.15, -0.1) is 0 Å². The molecule has 1 aromatic carbocycles. The summed E-state index contributed by atoms with van der Waals surface area (Å²) in [4.78, 5) is 22.9. The molecule has 1 aliphatic rings. The molecule has 20 heavy (non-hydrogen) atoms. The summed E-state index contributed by atoms with van der Waals surface area (Å²) in [7, 11) is 0. The number of halogens is 1. The van der Waals surface area contributed by atoms with Crippen LogP contribution >= 0.6 is 11.6 Å².